The third kappa shape index (κ3) is 6.49. The number of amides is 1. The number of rotatable bonds is 8. The van der Waals surface area contributed by atoms with E-state index >= 15 is 0 Å². The molecule has 1 aliphatic rings. The number of nitrogens with zero attached hydrogens (tertiary/aromatic N) is 2. The van der Waals surface area contributed by atoms with Gasteiger partial charge in [-0.1, -0.05) is 42.5 Å². The van der Waals surface area contributed by atoms with Gasteiger partial charge in [-0.2, -0.15) is 13.2 Å². The quantitative estimate of drug-likeness (QED) is 0.475. The summed E-state index contributed by atoms with van der Waals surface area (Å²) < 4.78 is 41.1. The van der Waals surface area contributed by atoms with E-state index in [1.165, 1.54) is 11.1 Å². The van der Waals surface area contributed by atoms with Crippen molar-refractivity contribution >= 4 is 5.91 Å². The van der Waals surface area contributed by atoms with Crippen LogP contribution in [0, 0.1) is 6.92 Å². The first kappa shape index (κ1) is 25.8. The van der Waals surface area contributed by atoms with Gasteiger partial charge < -0.3 is 11.1 Å². The molecule has 2 heterocycles. The summed E-state index contributed by atoms with van der Waals surface area (Å²) in [4.78, 5) is 19.8. The summed E-state index contributed by atoms with van der Waals surface area (Å²) in [5.74, 6) is 0.410. The molecule has 0 radical (unpaired) electrons. The standard InChI is InChI=1S/C28H31F3N4O/c1-18-14-19(6-8-23(18)21-10-12-33-13-11-21)15-27-34-17-24(28(29,30)31)25(35-27)9-7-20-4-2-3-5-22(20)16-26(32)36/h2-6,8,14,17,21,33H,7,9-13,15-16H2,1H3,(H2,32,36). The highest BCUT2D eigenvalue weighted by Gasteiger charge is 2.34. The average molecular weight is 497 g/mol. The van der Waals surface area contributed by atoms with Crippen molar-refractivity contribution < 1.29 is 18.0 Å². The monoisotopic (exact) mass is 496 g/mol. The normalized spacial score (nSPS) is 14.7. The fourth-order valence-electron chi connectivity index (χ4n) is 5.01. The van der Waals surface area contributed by atoms with E-state index in [9.17, 15) is 18.0 Å². The topological polar surface area (TPSA) is 80.9 Å². The van der Waals surface area contributed by atoms with E-state index in [-0.39, 0.29) is 18.5 Å². The highest BCUT2D eigenvalue weighted by Crippen LogP contribution is 2.32. The first-order chi connectivity index (χ1) is 17.2. The van der Waals surface area contributed by atoms with Crippen molar-refractivity contribution in [3.05, 3.63) is 93.6 Å². The summed E-state index contributed by atoms with van der Waals surface area (Å²) in [5.41, 5.74) is 9.47. The minimum Gasteiger partial charge on any atom is -0.369 e. The number of aromatic nitrogens is 2. The summed E-state index contributed by atoms with van der Waals surface area (Å²) in [5, 5.41) is 3.38. The van der Waals surface area contributed by atoms with Gasteiger partial charge in [0.1, 0.15) is 5.82 Å². The number of primary amides is 1. The lowest BCUT2D eigenvalue weighted by Crippen LogP contribution is -2.26. The van der Waals surface area contributed by atoms with Crippen LogP contribution in [0.15, 0.2) is 48.7 Å². The molecule has 8 heteroatoms. The number of aryl methyl sites for hydroxylation is 3. The van der Waals surface area contributed by atoms with Gasteiger partial charge in [0.2, 0.25) is 5.91 Å². The summed E-state index contributed by atoms with van der Waals surface area (Å²) in [7, 11) is 0. The van der Waals surface area contributed by atoms with Crippen molar-refractivity contribution in [3.8, 4) is 0 Å². The fourth-order valence-corrected chi connectivity index (χ4v) is 5.01. The molecular weight excluding hydrogens is 465 g/mol. The molecule has 1 fully saturated rings. The lowest BCUT2D eigenvalue weighted by Gasteiger charge is -2.24. The molecule has 0 bridgehead atoms. The second kappa shape index (κ2) is 11.2. The maximum Gasteiger partial charge on any atom is 0.419 e. The first-order valence-corrected chi connectivity index (χ1v) is 12.3. The number of carbonyl (C=O) groups excluding carboxylic acids is 1. The molecule has 0 spiro atoms. The zero-order chi connectivity index (χ0) is 25.7. The van der Waals surface area contributed by atoms with Gasteiger partial charge >= 0.3 is 6.18 Å². The van der Waals surface area contributed by atoms with Gasteiger partial charge in [-0.15, -0.1) is 0 Å². The summed E-state index contributed by atoms with van der Waals surface area (Å²) in [6.45, 7) is 4.12. The van der Waals surface area contributed by atoms with Gasteiger partial charge in [0.25, 0.3) is 0 Å². The molecule has 2 aromatic carbocycles. The largest absolute Gasteiger partial charge is 0.419 e. The van der Waals surface area contributed by atoms with Crippen molar-refractivity contribution in [1.29, 1.82) is 0 Å². The Hall–Kier alpha value is -3.26. The SMILES string of the molecule is Cc1cc(Cc2ncc(C(F)(F)F)c(CCc3ccccc3CC(N)=O)n2)ccc1C1CCNCC1. The van der Waals surface area contributed by atoms with Crippen molar-refractivity contribution in [2.75, 3.05) is 13.1 Å². The molecular formula is C28H31F3N4O. The molecule has 0 saturated carbocycles. The van der Waals surface area contributed by atoms with Gasteiger partial charge in [-0.25, -0.2) is 9.97 Å². The van der Waals surface area contributed by atoms with Crippen LogP contribution < -0.4 is 11.1 Å². The van der Waals surface area contributed by atoms with Crippen LogP contribution in [0.4, 0.5) is 13.2 Å². The highest BCUT2D eigenvalue weighted by molar-refractivity contribution is 5.77. The van der Waals surface area contributed by atoms with E-state index in [1.807, 2.05) is 6.07 Å². The van der Waals surface area contributed by atoms with Gasteiger partial charge in [0.15, 0.2) is 0 Å². The molecule has 1 aromatic heterocycles. The molecule has 0 atom stereocenters. The van der Waals surface area contributed by atoms with Crippen LogP contribution in [0.3, 0.4) is 0 Å². The van der Waals surface area contributed by atoms with Crippen LogP contribution in [-0.4, -0.2) is 29.0 Å². The Morgan fingerprint density at radius 1 is 1.08 bits per heavy atom. The Kier molecular flexibility index (Phi) is 8.04. The molecule has 1 amide bonds. The number of nitrogens with two attached hydrogens (primary N) is 1. The lowest BCUT2D eigenvalue weighted by molar-refractivity contribution is -0.138. The number of carbonyl (C=O) groups is 1. The van der Waals surface area contributed by atoms with Crippen LogP contribution in [0.2, 0.25) is 0 Å². The number of benzene rings is 2. The van der Waals surface area contributed by atoms with E-state index < -0.39 is 17.6 Å². The van der Waals surface area contributed by atoms with Crippen molar-refractivity contribution in [1.82, 2.24) is 15.3 Å². The Morgan fingerprint density at radius 2 is 1.81 bits per heavy atom. The minimum absolute atomic E-state index is 0.0376. The molecule has 3 aromatic rings. The number of nitrogens with one attached hydrogen (secondary N) is 1. The van der Waals surface area contributed by atoms with Gasteiger partial charge in [0.05, 0.1) is 17.7 Å². The maximum absolute atomic E-state index is 13.7. The van der Waals surface area contributed by atoms with Crippen molar-refractivity contribution in [2.24, 2.45) is 5.73 Å². The first-order valence-electron chi connectivity index (χ1n) is 12.3. The number of piperidine rings is 1. The second-order valence-corrected chi connectivity index (χ2v) is 9.45. The summed E-state index contributed by atoms with van der Waals surface area (Å²) in [6.07, 6.45) is -0.652. The number of alkyl halides is 3. The van der Waals surface area contributed by atoms with E-state index in [4.69, 9.17) is 5.73 Å². The van der Waals surface area contributed by atoms with Gasteiger partial charge in [-0.05, 0) is 79.4 Å². The second-order valence-electron chi connectivity index (χ2n) is 9.45. The smallest absolute Gasteiger partial charge is 0.369 e. The minimum atomic E-state index is -4.55. The Bertz CT molecular complexity index is 1220. The van der Waals surface area contributed by atoms with Gasteiger partial charge in [0, 0.05) is 12.6 Å². The zero-order valence-electron chi connectivity index (χ0n) is 20.4. The summed E-state index contributed by atoms with van der Waals surface area (Å²) in [6, 6.07) is 13.4. The highest BCUT2D eigenvalue weighted by atomic mass is 19.4. The average Bonchev–Trinajstić information content (AvgIpc) is 2.83. The van der Waals surface area contributed by atoms with Crippen LogP contribution in [0.5, 0.6) is 0 Å². The Morgan fingerprint density at radius 3 is 2.47 bits per heavy atom. The van der Waals surface area contributed by atoms with E-state index in [0.29, 0.717) is 24.6 Å². The third-order valence-corrected chi connectivity index (χ3v) is 6.81. The molecule has 0 aliphatic carbocycles. The maximum atomic E-state index is 13.7. The van der Waals surface area contributed by atoms with E-state index in [1.54, 1.807) is 24.3 Å². The number of hydrogen-bond acceptors (Lipinski definition) is 4. The zero-order valence-corrected chi connectivity index (χ0v) is 20.4. The number of hydrogen-bond donors (Lipinski definition) is 2. The predicted octanol–water partition coefficient (Wildman–Crippen LogP) is 4.67. The summed E-state index contributed by atoms with van der Waals surface area (Å²) >= 11 is 0. The number of halogens is 3. The van der Waals surface area contributed by atoms with Crippen LogP contribution >= 0.6 is 0 Å². The molecule has 0 unspecified atom stereocenters. The van der Waals surface area contributed by atoms with Gasteiger partial charge in [-0.3, -0.25) is 4.79 Å². The fraction of sp³-hybridized carbons (Fsp3) is 0.393. The van der Waals surface area contributed by atoms with E-state index in [2.05, 4.69) is 34.3 Å². The lowest BCUT2D eigenvalue weighted by atomic mass is 9.86. The third-order valence-electron chi connectivity index (χ3n) is 6.81. The van der Waals surface area contributed by atoms with Crippen LogP contribution in [0.1, 0.15) is 63.7 Å². The van der Waals surface area contributed by atoms with Crippen LogP contribution in [-0.2, 0) is 36.7 Å². The Balaban J connectivity index is 1.55. The van der Waals surface area contributed by atoms with Crippen LogP contribution in [0.25, 0.3) is 0 Å². The molecule has 4 rings (SSSR count). The molecule has 36 heavy (non-hydrogen) atoms. The van der Waals surface area contributed by atoms with Crippen molar-refractivity contribution in [3.63, 3.8) is 0 Å². The van der Waals surface area contributed by atoms with Crippen molar-refractivity contribution in [2.45, 2.75) is 57.5 Å². The molecule has 3 N–H and O–H groups in total. The predicted molar refractivity (Wildman–Crippen MR) is 133 cm³/mol. The molecule has 5 nitrogen and oxygen atoms in total. The van der Waals surface area contributed by atoms with E-state index in [0.717, 1.165) is 48.8 Å². The molecule has 190 valence electrons. The Labute approximate surface area is 209 Å². The molecule has 1 aliphatic heterocycles. The molecule has 1 saturated heterocycles.